The smallest absolute Gasteiger partial charge is 0.159 e. The van der Waals surface area contributed by atoms with Crippen molar-refractivity contribution in [3.05, 3.63) is 29.3 Å². The predicted octanol–water partition coefficient (Wildman–Crippen LogP) is 2.07. The van der Waals surface area contributed by atoms with E-state index in [0.29, 0.717) is 13.2 Å². The molecule has 0 unspecified atom stereocenters. The van der Waals surface area contributed by atoms with Gasteiger partial charge in [0.25, 0.3) is 0 Å². The number of nitrogens with two attached hydrogens (primary N) is 1. The Morgan fingerprint density at radius 1 is 1.42 bits per heavy atom. The Morgan fingerprint density at radius 3 is 2.74 bits per heavy atom. The number of Topliss-reactive ketones (excluding diaryl/α,β-unsaturated/α-hetero) is 1. The van der Waals surface area contributed by atoms with Crippen molar-refractivity contribution in [3.8, 4) is 5.75 Å². The van der Waals surface area contributed by atoms with Crippen LogP contribution in [-0.2, 0) is 6.54 Å². The number of hydrogen-bond acceptors (Lipinski definition) is 4. The standard InChI is InChI=1S/C15H24N2O2/c1-4-19-15-7-6-13(12(2)18)10-14(15)11-17(3)9-5-8-16/h6-7,10H,4-5,8-9,11,16H2,1-3H3. The zero-order valence-corrected chi connectivity index (χ0v) is 12.1. The molecular formula is C15H24N2O2. The molecule has 0 aliphatic heterocycles. The summed E-state index contributed by atoms with van der Waals surface area (Å²) in [5.41, 5.74) is 7.29. The average molecular weight is 264 g/mol. The van der Waals surface area contributed by atoms with Crippen LogP contribution in [0.1, 0.15) is 36.2 Å². The van der Waals surface area contributed by atoms with E-state index in [1.807, 2.05) is 32.2 Å². The van der Waals surface area contributed by atoms with Crippen LogP contribution in [0.3, 0.4) is 0 Å². The van der Waals surface area contributed by atoms with E-state index >= 15 is 0 Å². The minimum absolute atomic E-state index is 0.0777. The summed E-state index contributed by atoms with van der Waals surface area (Å²) in [5.74, 6) is 0.931. The summed E-state index contributed by atoms with van der Waals surface area (Å²) < 4.78 is 5.61. The summed E-state index contributed by atoms with van der Waals surface area (Å²) >= 11 is 0. The van der Waals surface area contributed by atoms with E-state index < -0.39 is 0 Å². The van der Waals surface area contributed by atoms with Gasteiger partial charge in [-0.1, -0.05) is 0 Å². The van der Waals surface area contributed by atoms with Crippen molar-refractivity contribution in [2.24, 2.45) is 5.73 Å². The topological polar surface area (TPSA) is 55.6 Å². The number of carbonyl (C=O) groups excluding carboxylic acids is 1. The van der Waals surface area contributed by atoms with Crippen molar-refractivity contribution in [1.82, 2.24) is 4.90 Å². The highest BCUT2D eigenvalue weighted by Crippen LogP contribution is 2.22. The van der Waals surface area contributed by atoms with Gasteiger partial charge in [-0.25, -0.2) is 0 Å². The molecule has 1 aromatic rings. The molecule has 0 aliphatic rings. The van der Waals surface area contributed by atoms with Gasteiger partial charge in [0.05, 0.1) is 6.61 Å². The first-order valence-corrected chi connectivity index (χ1v) is 6.73. The number of benzene rings is 1. The van der Waals surface area contributed by atoms with E-state index in [0.717, 1.165) is 36.4 Å². The summed E-state index contributed by atoms with van der Waals surface area (Å²) in [7, 11) is 2.05. The maximum Gasteiger partial charge on any atom is 0.159 e. The maximum absolute atomic E-state index is 11.5. The number of carbonyl (C=O) groups is 1. The van der Waals surface area contributed by atoms with Crippen LogP contribution in [0.15, 0.2) is 18.2 Å². The number of ketones is 1. The lowest BCUT2D eigenvalue weighted by Crippen LogP contribution is -2.22. The average Bonchev–Trinajstić information content (AvgIpc) is 2.38. The van der Waals surface area contributed by atoms with Crippen LogP contribution in [0.4, 0.5) is 0 Å². The fraction of sp³-hybridized carbons (Fsp3) is 0.533. The van der Waals surface area contributed by atoms with Crippen LogP contribution in [0, 0.1) is 0 Å². The molecule has 0 radical (unpaired) electrons. The lowest BCUT2D eigenvalue weighted by atomic mass is 10.1. The molecule has 0 saturated heterocycles. The van der Waals surface area contributed by atoms with E-state index in [1.54, 1.807) is 6.92 Å². The fourth-order valence-electron chi connectivity index (χ4n) is 1.95. The van der Waals surface area contributed by atoms with Crippen molar-refractivity contribution in [1.29, 1.82) is 0 Å². The van der Waals surface area contributed by atoms with Gasteiger partial charge in [-0.05, 0) is 58.6 Å². The molecule has 0 aliphatic carbocycles. The molecule has 0 fully saturated rings. The highest BCUT2D eigenvalue weighted by molar-refractivity contribution is 5.94. The van der Waals surface area contributed by atoms with Crippen LogP contribution in [0.5, 0.6) is 5.75 Å². The number of rotatable bonds is 8. The monoisotopic (exact) mass is 264 g/mol. The van der Waals surface area contributed by atoms with E-state index in [9.17, 15) is 4.79 Å². The van der Waals surface area contributed by atoms with Gasteiger partial charge in [-0.2, -0.15) is 0 Å². The third kappa shape index (κ3) is 5.01. The number of ether oxygens (including phenoxy) is 1. The Hall–Kier alpha value is -1.39. The molecule has 1 rings (SSSR count). The summed E-state index contributed by atoms with van der Waals surface area (Å²) in [6, 6.07) is 5.62. The Bertz CT molecular complexity index is 419. The van der Waals surface area contributed by atoms with Crippen LogP contribution in [-0.4, -0.2) is 37.4 Å². The van der Waals surface area contributed by atoms with E-state index in [1.165, 1.54) is 0 Å². The molecule has 2 N–H and O–H groups in total. The zero-order valence-electron chi connectivity index (χ0n) is 12.1. The lowest BCUT2D eigenvalue weighted by molar-refractivity contribution is 0.101. The number of hydrogen-bond donors (Lipinski definition) is 1. The summed E-state index contributed by atoms with van der Waals surface area (Å²) in [6.45, 7) is 6.55. The molecule has 0 saturated carbocycles. The molecular weight excluding hydrogens is 240 g/mol. The van der Waals surface area contributed by atoms with Gasteiger partial charge in [0, 0.05) is 17.7 Å². The summed E-state index contributed by atoms with van der Waals surface area (Å²) in [4.78, 5) is 13.6. The van der Waals surface area contributed by atoms with Crippen molar-refractivity contribution in [2.75, 3.05) is 26.7 Å². The third-order valence-corrected chi connectivity index (χ3v) is 2.95. The minimum Gasteiger partial charge on any atom is -0.494 e. The maximum atomic E-state index is 11.5. The minimum atomic E-state index is 0.0777. The molecule has 0 amide bonds. The van der Waals surface area contributed by atoms with Gasteiger partial charge in [0.1, 0.15) is 5.75 Å². The van der Waals surface area contributed by atoms with Crippen LogP contribution in [0.2, 0.25) is 0 Å². The SMILES string of the molecule is CCOc1ccc(C(C)=O)cc1CN(C)CCCN. The second-order valence-electron chi connectivity index (χ2n) is 4.69. The predicted molar refractivity (Wildman–Crippen MR) is 77.6 cm³/mol. The molecule has 106 valence electrons. The second-order valence-corrected chi connectivity index (χ2v) is 4.69. The lowest BCUT2D eigenvalue weighted by Gasteiger charge is -2.19. The van der Waals surface area contributed by atoms with Gasteiger partial charge >= 0.3 is 0 Å². The van der Waals surface area contributed by atoms with E-state index in [2.05, 4.69) is 4.90 Å². The third-order valence-electron chi connectivity index (χ3n) is 2.95. The van der Waals surface area contributed by atoms with Crippen LogP contribution >= 0.6 is 0 Å². The normalized spacial score (nSPS) is 10.8. The van der Waals surface area contributed by atoms with Crippen LogP contribution in [0.25, 0.3) is 0 Å². The van der Waals surface area contributed by atoms with Gasteiger partial charge in [-0.15, -0.1) is 0 Å². The molecule has 1 aromatic carbocycles. The molecule has 0 bridgehead atoms. The van der Waals surface area contributed by atoms with Gasteiger partial charge < -0.3 is 15.4 Å². The van der Waals surface area contributed by atoms with Gasteiger partial charge in [0.2, 0.25) is 0 Å². The van der Waals surface area contributed by atoms with Crippen molar-refractivity contribution in [2.45, 2.75) is 26.8 Å². The van der Waals surface area contributed by atoms with Crippen molar-refractivity contribution >= 4 is 5.78 Å². The van der Waals surface area contributed by atoms with E-state index in [4.69, 9.17) is 10.5 Å². The summed E-state index contributed by atoms with van der Waals surface area (Å²) in [5, 5.41) is 0. The molecule has 0 heterocycles. The molecule has 4 heteroatoms. The Kier molecular flexibility index (Phi) is 6.53. The van der Waals surface area contributed by atoms with E-state index in [-0.39, 0.29) is 5.78 Å². The molecule has 4 nitrogen and oxygen atoms in total. The fourth-order valence-corrected chi connectivity index (χ4v) is 1.95. The summed E-state index contributed by atoms with van der Waals surface area (Å²) in [6.07, 6.45) is 0.965. The molecule has 0 atom stereocenters. The van der Waals surface area contributed by atoms with Gasteiger partial charge in [0.15, 0.2) is 5.78 Å². The second kappa shape index (κ2) is 7.92. The zero-order chi connectivity index (χ0) is 14.3. The highest BCUT2D eigenvalue weighted by atomic mass is 16.5. The molecule has 0 spiro atoms. The largest absolute Gasteiger partial charge is 0.494 e. The Morgan fingerprint density at radius 2 is 2.16 bits per heavy atom. The molecule has 19 heavy (non-hydrogen) atoms. The quantitative estimate of drug-likeness (QED) is 0.730. The van der Waals surface area contributed by atoms with Crippen molar-refractivity contribution in [3.63, 3.8) is 0 Å². The number of nitrogens with zero attached hydrogens (tertiary/aromatic N) is 1. The first kappa shape index (κ1) is 15.7. The van der Waals surface area contributed by atoms with Gasteiger partial charge in [-0.3, -0.25) is 4.79 Å². The van der Waals surface area contributed by atoms with Crippen LogP contribution < -0.4 is 10.5 Å². The highest BCUT2D eigenvalue weighted by Gasteiger charge is 2.09. The molecule has 0 aromatic heterocycles. The Balaban J connectivity index is 2.87. The first-order valence-electron chi connectivity index (χ1n) is 6.73. The first-order chi connectivity index (χ1) is 9.08. The van der Waals surface area contributed by atoms with Crippen molar-refractivity contribution < 1.29 is 9.53 Å². The Labute approximate surface area is 115 Å².